The van der Waals surface area contributed by atoms with Gasteiger partial charge in [-0.3, -0.25) is 0 Å². The zero-order chi connectivity index (χ0) is 12.4. The van der Waals surface area contributed by atoms with E-state index < -0.39 is 0 Å². The Labute approximate surface area is 104 Å². The first-order valence-corrected chi connectivity index (χ1v) is 6.88. The van der Waals surface area contributed by atoms with Gasteiger partial charge in [0.05, 0.1) is 11.8 Å². The van der Waals surface area contributed by atoms with Gasteiger partial charge in [-0.25, -0.2) is 4.98 Å². The molecule has 3 atom stereocenters. The molecule has 3 nitrogen and oxygen atoms in total. The van der Waals surface area contributed by atoms with E-state index in [1.165, 1.54) is 12.2 Å². The summed E-state index contributed by atoms with van der Waals surface area (Å²) in [5.74, 6) is 1.86. The van der Waals surface area contributed by atoms with E-state index in [4.69, 9.17) is 0 Å². The molecular formula is C14H24N2O. The van der Waals surface area contributed by atoms with Crippen LogP contribution in [0.2, 0.25) is 0 Å². The van der Waals surface area contributed by atoms with Crippen LogP contribution in [0, 0.1) is 12.8 Å². The predicted octanol–water partition coefficient (Wildman–Crippen LogP) is 2.87. The Morgan fingerprint density at radius 1 is 1.41 bits per heavy atom. The van der Waals surface area contributed by atoms with Crippen molar-refractivity contribution in [3.63, 3.8) is 0 Å². The van der Waals surface area contributed by atoms with Crippen molar-refractivity contribution in [2.24, 2.45) is 5.92 Å². The largest absolute Gasteiger partial charge is 0.393 e. The number of hydrogen-bond acceptors (Lipinski definition) is 2. The number of aryl methyl sites for hydroxylation is 2. The normalized spacial score (nSPS) is 29.5. The summed E-state index contributed by atoms with van der Waals surface area (Å²) in [6.45, 7) is 6.46. The third kappa shape index (κ3) is 2.54. The highest BCUT2D eigenvalue weighted by Crippen LogP contribution is 2.37. The van der Waals surface area contributed by atoms with Crippen LogP contribution in [0.3, 0.4) is 0 Å². The van der Waals surface area contributed by atoms with Crippen molar-refractivity contribution in [2.75, 3.05) is 0 Å². The zero-order valence-electron chi connectivity index (χ0n) is 11.2. The molecule has 1 aromatic rings. The summed E-state index contributed by atoms with van der Waals surface area (Å²) < 4.78 is 2.33. The Morgan fingerprint density at radius 3 is 2.82 bits per heavy atom. The first-order chi connectivity index (χ1) is 8.15. The second-order valence-electron chi connectivity index (χ2n) is 5.26. The van der Waals surface area contributed by atoms with Crippen molar-refractivity contribution in [1.82, 2.24) is 9.55 Å². The van der Waals surface area contributed by atoms with Crippen molar-refractivity contribution < 1.29 is 5.11 Å². The van der Waals surface area contributed by atoms with Gasteiger partial charge in [0.15, 0.2) is 0 Å². The van der Waals surface area contributed by atoms with E-state index in [-0.39, 0.29) is 6.10 Å². The van der Waals surface area contributed by atoms with E-state index in [1.807, 2.05) is 0 Å². The second kappa shape index (κ2) is 5.21. The Morgan fingerprint density at radius 2 is 2.18 bits per heavy atom. The summed E-state index contributed by atoms with van der Waals surface area (Å²) in [5, 5.41) is 9.89. The van der Waals surface area contributed by atoms with E-state index in [0.29, 0.717) is 12.0 Å². The molecule has 0 amide bonds. The average molecular weight is 236 g/mol. The molecule has 2 rings (SSSR count). The molecule has 17 heavy (non-hydrogen) atoms. The second-order valence-corrected chi connectivity index (χ2v) is 5.26. The first kappa shape index (κ1) is 12.6. The lowest BCUT2D eigenvalue weighted by Crippen LogP contribution is -2.30. The molecule has 0 spiro atoms. The maximum atomic E-state index is 9.89. The van der Waals surface area contributed by atoms with Gasteiger partial charge >= 0.3 is 0 Å². The highest BCUT2D eigenvalue weighted by Gasteiger charge is 2.30. The summed E-state index contributed by atoms with van der Waals surface area (Å²) in [4.78, 5) is 4.58. The molecule has 1 N–H and O–H groups in total. The molecule has 3 unspecified atom stereocenters. The lowest BCUT2D eigenvalue weighted by Gasteiger charge is -2.35. The molecule has 1 fully saturated rings. The topological polar surface area (TPSA) is 38.0 Å². The van der Waals surface area contributed by atoms with Gasteiger partial charge in [0.1, 0.15) is 5.82 Å². The molecule has 96 valence electrons. The molecular weight excluding hydrogens is 212 g/mol. The van der Waals surface area contributed by atoms with E-state index in [0.717, 1.165) is 31.4 Å². The van der Waals surface area contributed by atoms with Crippen LogP contribution in [0.5, 0.6) is 0 Å². The van der Waals surface area contributed by atoms with Crippen LogP contribution in [-0.4, -0.2) is 20.8 Å². The fourth-order valence-electron chi connectivity index (χ4n) is 3.12. The Bertz CT molecular complexity index is 372. The van der Waals surface area contributed by atoms with E-state index in [1.54, 1.807) is 0 Å². The third-order valence-electron chi connectivity index (χ3n) is 4.06. The molecule has 3 heteroatoms. The summed E-state index contributed by atoms with van der Waals surface area (Å²) >= 11 is 0. The third-order valence-corrected chi connectivity index (χ3v) is 4.06. The van der Waals surface area contributed by atoms with Crippen molar-refractivity contribution >= 4 is 0 Å². The maximum absolute atomic E-state index is 9.89. The minimum Gasteiger partial charge on any atom is -0.393 e. The molecule has 1 aromatic heterocycles. The van der Waals surface area contributed by atoms with Crippen molar-refractivity contribution in [1.29, 1.82) is 0 Å². The number of aromatic nitrogens is 2. The maximum Gasteiger partial charge on any atom is 0.108 e. The molecule has 0 aliphatic heterocycles. The Kier molecular flexibility index (Phi) is 3.87. The van der Waals surface area contributed by atoms with Crippen LogP contribution < -0.4 is 0 Å². The molecule has 0 saturated heterocycles. The molecule has 0 radical (unpaired) electrons. The molecule has 1 aliphatic carbocycles. The van der Waals surface area contributed by atoms with Gasteiger partial charge in [-0.05, 0) is 32.1 Å². The summed E-state index contributed by atoms with van der Waals surface area (Å²) in [7, 11) is 0. The summed E-state index contributed by atoms with van der Waals surface area (Å²) in [6, 6.07) is 0.444. The number of rotatable bonds is 3. The van der Waals surface area contributed by atoms with Crippen LogP contribution in [0.25, 0.3) is 0 Å². The van der Waals surface area contributed by atoms with Crippen molar-refractivity contribution in [3.05, 3.63) is 17.7 Å². The zero-order valence-corrected chi connectivity index (χ0v) is 11.2. The minimum atomic E-state index is -0.129. The van der Waals surface area contributed by atoms with Crippen LogP contribution in [0.15, 0.2) is 6.20 Å². The van der Waals surface area contributed by atoms with Crippen LogP contribution in [0.4, 0.5) is 0 Å². The fourth-order valence-corrected chi connectivity index (χ4v) is 3.12. The molecule has 1 aliphatic rings. The summed E-state index contributed by atoms with van der Waals surface area (Å²) in [6.07, 6.45) is 7.18. The van der Waals surface area contributed by atoms with Gasteiger partial charge < -0.3 is 9.67 Å². The number of nitrogens with zero attached hydrogens (tertiary/aromatic N) is 2. The van der Waals surface area contributed by atoms with E-state index in [9.17, 15) is 5.11 Å². The molecule has 0 bridgehead atoms. The van der Waals surface area contributed by atoms with Gasteiger partial charge in [-0.2, -0.15) is 0 Å². The van der Waals surface area contributed by atoms with Gasteiger partial charge in [0.2, 0.25) is 0 Å². The van der Waals surface area contributed by atoms with Crippen molar-refractivity contribution in [3.8, 4) is 0 Å². The van der Waals surface area contributed by atoms with Crippen molar-refractivity contribution in [2.45, 2.75) is 65.0 Å². The minimum absolute atomic E-state index is 0.129. The molecule has 1 saturated carbocycles. The highest BCUT2D eigenvalue weighted by atomic mass is 16.3. The van der Waals surface area contributed by atoms with E-state index >= 15 is 0 Å². The van der Waals surface area contributed by atoms with Gasteiger partial charge in [-0.1, -0.05) is 20.3 Å². The van der Waals surface area contributed by atoms with E-state index in [2.05, 4.69) is 36.5 Å². The SMILES string of the molecule is CCc1nc(C)cn1C1CC(O)CCC1CC. The van der Waals surface area contributed by atoms with Gasteiger partial charge in [-0.15, -0.1) is 0 Å². The van der Waals surface area contributed by atoms with Crippen LogP contribution in [-0.2, 0) is 6.42 Å². The van der Waals surface area contributed by atoms with Gasteiger partial charge in [0, 0.05) is 18.7 Å². The standard InChI is InChI=1S/C14H24N2O/c1-4-11-6-7-12(17)8-13(11)16-9-10(3)15-14(16)5-2/h9,11-13,17H,4-8H2,1-3H3. The number of aliphatic hydroxyl groups is 1. The van der Waals surface area contributed by atoms with Crippen LogP contribution >= 0.6 is 0 Å². The summed E-state index contributed by atoms with van der Waals surface area (Å²) in [5.41, 5.74) is 1.09. The number of imidazole rings is 1. The lowest BCUT2D eigenvalue weighted by atomic mass is 9.81. The first-order valence-electron chi connectivity index (χ1n) is 6.88. The Hall–Kier alpha value is -0.830. The fraction of sp³-hybridized carbons (Fsp3) is 0.786. The quantitative estimate of drug-likeness (QED) is 0.876. The smallest absolute Gasteiger partial charge is 0.108 e. The predicted molar refractivity (Wildman–Crippen MR) is 69.0 cm³/mol. The highest BCUT2D eigenvalue weighted by molar-refractivity contribution is 5.05. The average Bonchev–Trinajstić information content (AvgIpc) is 2.70. The van der Waals surface area contributed by atoms with Gasteiger partial charge in [0.25, 0.3) is 0 Å². The number of hydrogen-bond donors (Lipinski definition) is 1. The molecule has 0 aromatic carbocycles. The monoisotopic (exact) mass is 236 g/mol. The Balaban J connectivity index is 2.28. The molecule has 1 heterocycles. The van der Waals surface area contributed by atoms with Crippen LogP contribution in [0.1, 0.15) is 57.1 Å². The number of aliphatic hydroxyl groups excluding tert-OH is 1. The lowest BCUT2D eigenvalue weighted by molar-refractivity contribution is 0.0703.